The van der Waals surface area contributed by atoms with E-state index >= 15 is 0 Å². The highest BCUT2D eigenvalue weighted by Crippen LogP contribution is 2.29. The van der Waals surface area contributed by atoms with Gasteiger partial charge in [-0.2, -0.15) is 0 Å². The van der Waals surface area contributed by atoms with E-state index in [2.05, 4.69) is 0 Å². The average Bonchev–Trinajstić information content (AvgIpc) is 2.46. The number of sulfone groups is 1. The van der Waals surface area contributed by atoms with Crippen LogP contribution in [0.1, 0.15) is 36.0 Å². The molecule has 1 aromatic rings. The zero-order chi connectivity index (χ0) is 15.6. The van der Waals surface area contributed by atoms with Gasteiger partial charge in [-0.05, 0) is 43.5 Å². The Bertz CT molecular complexity index is 648. The summed E-state index contributed by atoms with van der Waals surface area (Å²) in [4.78, 5) is 11.3. The molecule has 5 nitrogen and oxygen atoms in total. The van der Waals surface area contributed by atoms with Crippen LogP contribution >= 0.6 is 0 Å². The van der Waals surface area contributed by atoms with Gasteiger partial charge in [-0.3, -0.25) is 4.21 Å². The topological polar surface area (TPSA) is 88.5 Å². The van der Waals surface area contributed by atoms with Gasteiger partial charge in [-0.1, -0.05) is 6.42 Å². The summed E-state index contributed by atoms with van der Waals surface area (Å²) in [6, 6.07) is 5.94. The molecule has 0 aliphatic heterocycles. The molecule has 3 atom stereocenters. The summed E-state index contributed by atoms with van der Waals surface area (Å²) in [6.45, 7) is 0. The first kappa shape index (κ1) is 16.2. The predicted molar refractivity (Wildman–Crippen MR) is 80.7 cm³/mol. The Labute approximate surface area is 126 Å². The average molecular weight is 330 g/mol. The highest BCUT2D eigenvalue weighted by molar-refractivity contribution is 7.91. The van der Waals surface area contributed by atoms with E-state index in [0.717, 1.165) is 12.8 Å². The van der Waals surface area contributed by atoms with Crippen LogP contribution in [0.4, 0.5) is 0 Å². The van der Waals surface area contributed by atoms with Crippen molar-refractivity contribution in [1.82, 2.24) is 0 Å². The number of aromatic carboxylic acids is 1. The summed E-state index contributed by atoms with van der Waals surface area (Å²) in [5.41, 5.74) is 0.147. The van der Waals surface area contributed by atoms with E-state index < -0.39 is 31.9 Å². The number of carbonyl (C=O) groups is 1. The van der Waals surface area contributed by atoms with E-state index in [9.17, 15) is 17.4 Å². The second-order valence-electron chi connectivity index (χ2n) is 5.37. The summed E-state index contributed by atoms with van der Waals surface area (Å²) in [5.74, 6) is -1.03. The van der Waals surface area contributed by atoms with Crippen molar-refractivity contribution in [2.24, 2.45) is 0 Å². The highest BCUT2D eigenvalue weighted by atomic mass is 32.2. The number of rotatable bonds is 4. The van der Waals surface area contributed by atoms with E-state index in [1.807, 2.05) is 0 Å². The Balaban J connectivity index is 2.14. The highest BCUT2D eigenvalue weighted by Gasteiger charge is 2.32. The third kappa shape index (κ3) is 3.91. The van der Waals surface area contributed by atoms with Gasteiger partial charge < -0.3 is 5.11 Å². The van der Waals surface area contributed by atoms with Crippen LogP contribution in [0.3, 0.4) is 0 Å². The summed E-state index contributed by atoms with van der Waals surface area (Å²) in [5, 5.41) is 8.24. The maximum absolute atomic E-state index is 12.5. The maximum Gasteiger partial charge on any atom is 0.335 e. The van der Waals surface area contributed by atoms with E-state index in [4.69, 9.17) is 5.11 Å². The number of hydrogen-bond acceptors (Lipinski definition) is 4. The van der Waals surface area contributed by atoms with E-state index in [1.165, 1.54) is 18.4 Å². The van der Waals surface area contributed by atoms with Gasteiger partial charge in [-0.25, -0.2) is 13.2 Å². The van der Waals surface area contributed by atoms with Gasteiger partial charge in [0.2, 0.25) is 0 Å². The molecule has 0 bridgehead atoms. The Morgan fingerprint density at radius 2 is 1.86 bits per heavy atom. The largest absolute Gasteiger partial charge is 0.478 e. The summed E-state index contributed by atoms with van der Waals surface area (Å²) in [6.07, 6.45) is 3.75. The normalized spacial score (nSPS) is 24.4. The fraction of sp³-hybridized carbons (Fsp3) is 0.500. The van der Waals surface area contributed by atoms with Crippen molar-refractivity contribution in [3.8, 4) is 0 Å². The van der Waals surface area contributed by atoms with Crippen LogP contribution in [-0.4, -0.2) is 40.5 Å². The molecule has 0 heterocycles. The number of carboxylic acid groups (broad SMARTS) is 1. The molecule has 0 saturated heterocycles. The molecule has 1 saturated carbocycles. The Morgan fingerprint density at radius 1 is 1.24 bits per heavy atom. The minimum absolute atomic E-state index is 0.147. The first-order valence-corrected chi connectivity index (χ1v) is 9.88. The van der Waals surface area contributed by atoms with Crippen LogP contribution in [0.2, 0.25) is 0 Å². The van der Waals surface area contributed by atoms with Gasteiger partial charge in [0.15, 0.2) is 0 Å². The summed E-state index contributed by atoms with van der Waals surface area (Å²) in [7, 11) is -4.41. The van der Waals surface area contributed by atoms with Gasteiger partial charge in [0.25, 0.3) is 0 Å². The molecule has 1 aliphatic carbocycles. The first-order chi connectivity index (χ1) is 9.79. The molecule has 1 aliphatic rings. The molecule has 1 aromatic carbocycles. The Hall–Kier alpha value is -1.21. The monoisotopic (exact) mass is 330 g/mol. The molecular formula is C14H18O5S2. The van der Waals surface area contributed by atoms with Gasteiger partial charge in [0.05, 0.1) is 21.6 Å². The molecular weight excluding hydrogens is 312 g/mol. The molecule has 3 unspecified atom stereocenters. The van der Waals surface area contributed by atoms with E-state index in [-0.39, 0.29) is 10.8 Å². The third-order valence-electron chi connectivity index (χ3n) is 3.82. The van der Waals surface area contributed by atoms with Crippen LogP contribution in [0.5, 0.6) is 0 Å². The zero-order valence-electron chi connectivity index (χ0n) is 11.7. The molecule has 21 heavy (non-hydrogen) atoms. The predicted octanol–water partition coefficient (Wildman–Crippen LogP) is 1.85. The van der Waals surface area contributed by atoms with Crippen molar-refractivity contribution >= 4 is 26.6 Å². The SMILES string of the molecule is CS(=O)(=O)C1CCCC(S(=O)c2ccc(C(=O)O)cc2)C1. The van der Waals surface area contributed by atoms with E-state index in [0.29, 0.717) is 17.7 Å². The van der Waals surface area contributed by atoms with Crippen molar-refractivity contribution in [2.75, 3.05) is 6.26 Å². The fourth-order valence-electron chi connectivity index (χ4n) is 2.61. The summed E-state index contributed by atoms with van der Waals surface area (Å²) < 4.78 is 35.8. The van der Waals surface area contributed by atoms with Crippen molar-refractivity contribution in [1.29, 1.82) is 0 Å². The second-order valence-corrected chi connectivity index (χ2v) is 9.43. The molecule has 0 spiro atoms. The van der Waals surface area contributed by atoms with Gasteiger partial charge in [0.1, 0.15) is 9.84 Å². The minimum atomic E-state index is -3.10. The van der Waals surface area contributed by atoms with Crippen molar-refractivity contribution in [3.05, 3.63) is 29.8 Å². The molecule has 7 heteroatoms. The maximum atomic E-state index is 12.5. The van der Waals surface area contributed by atoms with Crippen molar-refractivity contribution in [2.45, 2.75) is 41.1 Å². The standard InChI is InChI=1S/C14H18O5S2/c1-21(18,19)13-4-2-3-12(9-13)20(17)11-7-5-10(6-8-11)14(15)16/h5-8,12-13H,2-4,9H2,1H3,(H,15,16). The van der Waals surface area contributed by atoms with Crippen LogP contribution in [0, 0.1) is 0 Å². The number of carboxylic acids is 1. The zero-order valence-corrected chi connectivity index (χ0v) is 13.3. The number of hydrogen-bond donors (Lipinski definition) is 1. The Morgan fingerprint density at radius 3 is 2.38 bits per heavy atom. The molecule has 0 amide bonds. The lowest BCUT2D eigenvalue weighted by Gasteiger charge is -2.27. The quantitative estimate of drug-likeness (QED) is 0.910. The molecule has 0 aromatic heterocycles. The third-order valence-corrected chi connectivity index (χ3v) is 7.23. The molecule has 0 radical (unpaired) electrons. The molecule has 2 rings (SSSR count). The van der Waals surface area contributed by atoms with Crippen LogP contribution in [0.15, 0.2) is 29.2 Å². The van der Waals surface area contributed by atoms with Crippen LogP contribution in [-0.2, 0) is 20.6 Å². The van der Waals surface area contributed by atoms with Gasteiger partial charge in [-0.15, -0.1) is 0 Å². The lowest BCUT2D eigenvalue weighted by atomic mass is 10.00. The summed E-state index contributed by atoms with van der Waals surface area (Å²) >= 11 is 0. The second kappa shape index (κ2) is 6.27. The van der Waals surface area contributed by atoms with Crippen LogP contribution in [0.25, 0.3) is 0 Å². The lowest BCUT2D eigenvalue weighted by molar-refractivity contribution is 0.0697. The molecule has 1 N–H and O–H groups in total. The lowest BCUT2D eigenvalue weighted by Crippen LogP contribution is -2.32. The number of benzene rings is 1. The van der Waals surface area contributed by atoms with E-state index in [1.54, 1.807) is 12.1 Å². The van der Waals surface area contributed by atoms with Gasteiger partial charge in [0, 0.05) is 16.4 Å². The minimum Gasteiger partial charge on any atom is -0.478 e. The fourth-order valence-corrected chi connectivity index (χ4v) is 5.49. The van der Waals surface area contributed by atoms with Gasteiger partial charge >= 0.3 is 5.97 Å². The van der Waals surface area contributed by atoms with Crippen LogP contribution < -0.4 is 0 Å². The van der Waals surface area contributed by atoms with Crippen molar-refractivity contribution in [3.63, 3.8) is 0 Å². The Kier molecular flexibility index (Phi) is 4.83. The molecule has 116 valence electrons. The molecule has 1 fully saturated rings. The van der Waals surface area contributed by atoms with Crippen molar-refractivity contribution < 1.29 is 22.5 Å². The smallest absolute Gasteiger partial charge is 0.335 e. The first-order valence-electron chi connectivity index (χ1n) is 6.72.